The topological polar surface area (TPSA) is 90.6 Å². The molecule has 1 rings (SSSR count). The Labute approximate surface area is 142 Å². The maximum atomic E-state index is 12.1. The zero-order chi connectivity index (χ0) is 16.9. The summed E-state index contributed by atoms with van der Waals surface area (Å²) in [5, 5.41) is 17.9. The van der Waals surface area contributed by atoms with Crippen molar-refractivity contribution in [1.82, 2.24) is 4.90 Å². The first-order valence-electron chi connectivity index (χ1n) is 6.50. The van der Waals surface area contributed by atoms with Crippen LogP contribution in [0, 0.1) is 14.9 Å². The van der Waals surface area contributed by atoms with Crippen molar-refractivity contribution in [2.24, 2.45) is 0 Å². The Morgan fingerprint density at radius 1 is 1.36 bits per heavy atom. The molecule has 7 heteroatoms. The Bertz CT molecular complexity index is 617. The molecular weight excluding hydrogens is 399 g/mol. The van der Waals surface area contributed by atoms with Crippen LogP contribution in [0.1, 0.15) is 31.9 Å². The van der Waals surface area contributed by atoms with E-state index in [2.05, 4.69) is 22.6 Å². The van der Waals surface area contributed by atoms with E-state index in [0.29, 0.717) is 11.1 Å². The highest BCUT2D eigenvalue weighted by molar-refractivity contribution is 14.1. The van der Waals surface area contributed by atoms with Gasteiger partial charge in [0.25, 0.3) is 0 Å². The predicted molar refractivity (Wildman–Crippen MR) is 88.2 cm³/mol. The van der Waals surface area contributed by atoms with Gasteiger partial charge in [0, 0.05) is 10.1 Å². The second-order valence-corrected chi connectivity index (χ2v) is 6.94. The lowest BCUT2D eigenvalue weighted by molar-refractivity contribution is -0.138. The molecule has 6 nitrogen and oxygen atoms in total. The SMILES string of the molecule is CC(C)(C)OC(=O)N(CC(=O)O)Cc1cc(I)cc(C#N)c1. The van der Waals surface area contributed by atoms with Crippen LogP contribution >= 0.6 is 22.6 Å². The number of carboxylic acids is 1. The van der Waals surface area contributed by atoms with Crippen LogP contribution in [0.2, 0.25) is 0 Å². The minimum Gasteiger partial charge on any atom is -0.480 e. The zero-order valence-electron chi connectivity index (χ0n) is 12.6. The van der Waals surface area contributed by atoms with Crippen molar-refractivity contribution in [1.29, 1.82) is 5.26 Å². The lowest BCUT2D eigenvalue weighted by Crippen LogP contribution is -2.39. The molecule has 0 radical (unpaired) electrons. The second-order valence-electron chi connectivity index (χ2n) is 5.69. The number of hydrogen-bond acceptors (Lipinski definition) is 4. The van der Waals surface area contributed by atoms with E-state index in [4.69, 9.17) is 15.1 Å². The fourth-order valence-corrected chi connectivity index (χ4v) is 2.44. The first kappa shape index (κ1) is 18.2. The lowest BCUT2D eigenvalue weighted by atomic mass is 10.1. The number of carbonyl (C=O) groups excluding carboxylic acids is 1. The van der Waals surface area contributed by atoms with Crippen LogP contribution in [0.5, 0.6) is 0 Å². The summed E-state index contributed by atoms with van der Waals surface area (Å²) in [5.74, 6) is -1.13. The van der Waals surface area contributed by atoms with Crippen molar-refractivity contribution in [2.75, 3.05) is 6.54 Å². The first-order chi connectivity index (χ1) is 10.1. The minimum atomic E-state index is -1.13. The van der Waals surface area contributed by atoms with Crippen LogP contribution in [-0.4, -0.2) is 34.2 Å². The number of nitriles is 1. The molecule has 0 heterocycles. The van der Waals surface area contributed by atoms with Crippen LogP contribution < -0.4 is 0 Å². The fraction of sp³-hybridized carbons (Fsp3) is 0.400. The van der Waals surface area contributed by atoms with Crippen molar-refractivity contribution in [3.8, 4) is 6.07 Å². The summed E-state index contributed by atoms with van der Waals surface area (Å²) >= 11 is 2.06. The standard InChI is InChI=1S/C15H17IN2O4/c1-15(2,3)22-14(21)18(9-13(19)20)8-11-4-10(7-17)5-12(16)6-11/h4-6H,8-9H2,1-3H3,(H,19,20). The quantitative estimate of drug-likeness (QED) is 0.763. The number of carboxylic acid groups (broad SMARTS) is 1. The molecule has 0 aromatic heterocycles. The number of carbonyl (C=O) groups is 2. The van der Waals surface area contributed by atoms with Gasteiger partial charge < -0.3 is 9.84 Å². The number of amides is 1. The molecule has 1 N–H and O–H groups in total. The van der Waals surface area contributed by atoms with Gasteiger partial charge in [0.05, 0.1) is 11.6 Å². The summed E-state index contributed by atoms with van der Waals surface area (Å²) in [4.78, 5) is 24.2. The molecule has 0 saturated carbocycles. The molecule has 0 aliphatic carbocycles. The van der Waals surface area contributed by atoms with Gasteiger partial charge in [-0.25, -0.2) is 4.79 Å². The summed E-state index contributed by atoms with van der Waals surface area (Å²) in [6, 6.07) is 7.16. The molecule has 0 aliphatic heterocycles. The van der Waals surface area contributed by atoms with Crippen LogP contribution in [0.4, 0.5) is 4.79 Å². The van der Waals surface area contributed by atoms with E-state index in [-0.39, 0.29) is 6.54 Å². The normalized spacial score (nSPS) is 10.7. The van der Waals surface area contributed by atoms with E-state index in [1.807, 2.05) is 6.07 Å². The maximum Gasteiger partial charge on any atom is 0.411 e. The van der Waals surface area contributed by atoms with Gasteiger partial charge in [-0.1, -0.05) is 0 Å². The monoisotopic (exact) mass is 416 g/mol. The Hall–Kier alpha value is -1.82. The minimum absolute atomic E-state index is 0.0622. The molecule has 0 unspecified atom stereocenters. The smallest absolute Gasteiger partial charge is 0.411 e. The number of benzene rings is 1. The summed E-state index contributed by atoms with van der Waals surface area (Å²) in [6.07, 6.45) is -0.702. The molecule has 1 aromatic rings. The Morgan fingerprint density at radius 3 is 2.50 bits per heavy atom. The third-order valence-corrected chi connectivity index (χ3v) is 3.06. The molecule has 0 aliphatic rings. The van der Waals surface area contributed by atoms with Crippen molar-refractivity contribution in [2.45, 2.75) is 32.9 Å². The van der Waals surface area contributed by atoms with Gasteiger partial charge in [0.2, 0.25) is 0 Å². The molecule has 0 atom stereocenters. The third-order valence-electron chi connectivity index (χ3n) is 2.44. The molecule has 22 heavy (non-hydrogen) atoms. The van der Waals surface area contributed by atoms with E-state index in [1.54, 1.807) is 39.0 Å². The number of aliphatic carboxylic acids is 1. The first-order valence-corrected chi connectivity index (χ1v) is 7.58. The van der Waals surface area contributed by atoms with Gasteiger partial charge in [-0.15, -0.1) is 0 Å². The van der Waals surface area contributed by atoms with Crippen LogP contribution in [-0.2, 0) is 16.1 Å². The van der Waals surface area contributed by atoms with Gasteiger partial charge in [-0.3, -0.25) is 9.69 Å². The number of hydrogen-bond donors (Lipinski definition) is 1. The highest BCUT2D eigenvalue weighted by Gasteiger charge is 2.24. The number of rotatable bonds is 4. The van der Waals surface area contributed by atoms with Crippen molar-refractivity contribution >= 4 is 34.7 Å². The van der Waals surface area contributed by atoms with E-state index in [0.717, 1.165) is 8.47 Å². The van der Waals surface area contributed by atoms with Crippen LogP contribution in [0.15, 0.2) is 18.2 Å². The highest BCUT2D eigenvalue weighted by atomic mass is 127. The van der Waals surface area contributed by atoms with Crippen LogP contribution in [0.25, 0.3) is 0 Å². The van der Waals surface area contributed by atoms with E-state index in [9.17, 15) is 9.59 Å². The van der Waals surface area contributed by atoms with E-state index < -0.39 is 24.2 Å². The van der Waals surface area contributed by atoms with Crippen molar-refractivity contribution in [3.05, 3.63) is 32.9 Å². The van der Waals surface area contributed by atoms with Gasteiger partial charge >= 0.3 is 12.1 Å². The summed E-state index contributed by atoms with van der Waals surface area (Å²) in [7, 11) is 0. The summed E-state index contributed by atoms with van der Waals surface area (Å²) in [6.45, 7) is 4.73. The number of ether oxygens (including phenoxy) is 1. The average molecular weight is 416 g/mol. The summed E-state index contributed by atoms with van der Waals surface area (Å²) in [5.41, 5.74) is 0.424. The molecule has 0 spiro atoms. The average Bonchev–Trinajstić information content (AvgIpc) is 2.34. The fourth-order valence-electron chi connectivity index (χ4n) is 1.70. The molecule has 0 fully saturated rings. The molecular formula is C15H17IN2O4. The van der Waals surface area contributed by atoms with Gasteiger partial charge in [0.15, 0.2) is 0 Å². The molecule has 118 valence electrons. The predicted octanol–water partition coefficient (Wildman–Crippen LogP) is 2.98. The zero-order valence-corrected chi connectivity index (χ0v) is 14.7. The molecule has 0 saturated heterocycles. The van der Waals surface area contributed by atoms with E-state index in [1.165, 1.54) is 0 Å². The van der Waals surface area contributed by atoms with Crippen molar-refractivity contribution in [3.63, 3.8) is 0 Å². The van der Waals surface area contributed by atoms with Crippen molar-refractivity contribution < 1.29 is 19.4 Å². The Balaban J connectivity index is 2.99. The molecule has 1 amide bonds. The van der Waals surface area contributed by atoms with Gasteiger partial charge in [0.1, 0.15) is 12.1 Å². The second kappa shape index (κ2) is 7.45. The highest BCUT2D eigenvalue weighted by Crippen LogP contribution is 2.16. The third kappa shape index (κ3) is 6.30. The summed E-state index contributed by atoms with van der Waals surface area (Å²) < 4.78 is 6.06. The largest absolute Gasteiger partial charge is 0.480 e. The molecule has 1 aromatic carbocycles. The number of halogens is 1. The van der Waals surface area contributed by atoms with E-state index >= 15 is 0 Å². The molecule has 0 bridgehead atoms. The Morgan fingerprint density at radius 2 is 2.00 bits per heavy atom. The Kier molecular flexibility index (Phi) is 6.17. The van der Waals surface area contributed by atoms with Crippen LogP contribution in [0.3, 0.4) is 0 Å². The van der Waals surface area contributed by atoms with Gasteiger partial charge in [-0.2, -0.15) is 5.26 Å². The maximum absolute atomic E-state index is 12.1. The van der Waals surface area contributed by atoms with Gasteiger partial charge in [-0.05, 0) is 67.1 Å². The lowest BCUT2D eigenvalue weighted by Gasteiger charge is -2.26. The number of nitrogens with zero attached hydrogens (tertiary/aromatic N) is 2.